The van der Waals surface area contributed by atoms with Gasteiger partial charge >= 0.3 is 0 Å². The minimum atomic E-state index is -0.865. The maximum Gasteiger partial charge on any atom is 0.248 e. The van der Waals surface area contributed by atoms with Crippen molar-refractivity contribution in [2.75, 3.05) is 18.9 Å². The molecule has 6 nitrogen and oxygen atoms in total. The fourth-order valence-corrected chi connectivity index (χ4v) is 3.65. The number of nitrogens with zero attached hydrogens (tertiary/aromatic N) is 2. The van der Waals surface area contributed by atoms with Crippen molar-refractivity contribution in [3.8, 4) is 0 Å². The molecule has 2 N–H and O–H groups in total. The Morgan fingerprint density at radius 1 is 1.30 bits per heavy atom. The van der Waals surface area contributed by atoms with E-state index in [0.717, 1.165) is 11.3 Å². The van der Waals surface area contributed by atoms with Gasteiger partial charge in [0.25, 0.3) is 0 Å². The maximum absolute atomic E-state index is 12.3. The molecule has 3 aliphatic heterocycles. The highest BCUT2D eigenvalue weighted by Crippen LogP contribution is 2.47. The summed E-state index contributed by atoms with van der Waals surface area (Å²) >= 11 is 0. The molecule has 2 amide bonds. The first kappa shape index (κ1) is 11.7. The zero-order chi connectivity index (χ0) is 14.0. The number of carbonyl (C=O) groups is 2. The number of amides is 2. The molecule has 0 aromatic heterocycles. The van der Waals surface area contributed by atoms with Gasteiger partial charge in [0.15, 0.2) is 0 Å². The monoisotopic (exact) mass is 273 g/mol. The molecule has 0 spiro atoms. The van der Waals surface area contributed by atoms with E-state index in [4.69, 9.17) is 0 Å². The molecule has 0 radical (unpaired) electrons. The van der Waals surface area contributed by atoms with Crippen molar-refractivity contribution in [3.63, 3.8) is 0 Å². The summed E-state index contributed by atoms with van der Waals surface area (Å²) in [6, 6.07) is 6.92. The van der Waals surface area contributed by atoms with Gasteiger partial charge in [-0.15, -0.1) is 0 Å². The van der Waals surface area contributed by atoms with Crippen molar-refractivity contribution >= 4 is 17.5 Å². The van der Waals surface area contributed by atoms with Crippen molar-refractivity contribution in [2.24, 2.45) is 0 Å². The zero-order valence-corrected chi connectivity index (χ0v) is 11.0. The Balaban J connectivity index is 1.81. The lowest BCUT2D eigenvalue weighted by atomic mass is 9.93. The van der Waals surface area contributed by atoms with E-state index in [2.05, 4.69) is 5.32 Å². The highest BCUT2D eigenvalue weighted by Gasteiger charge is 2.59. The molecule has 4 rings (SSSR count). The van der Waals surface area contributed by atoms with Gasteiger partial charge in [0.05, 0.1) is 18.6 Å². The number of hydrogen-bond donors (Lipinski definition) is 2. The summed E-state index contributed by atoms with van der Waals surface area (Å²) in [5, 5.41) is 13.8. The van der Waals surface area contributed by atoms with Gasteiger partial charge in [-0.1, -0.05) is 18.2 Å². The fraction of sp³-hybridized carbons (Fsp3) is 0.429. The summed E-state index contributed by atoms with van der Waals surface area (Å²) in [4.78, 5) is 27.4. The molecule has 3 aliphatic rings. The third-order valence-corrected chi connectivity index (χ3v) is 4.54. The molecule has 104 valence electrons. The molecule has 0 saturated carbocycles. The Bertz CT molecular complexity index is 617. The Morgan fingerprint density at radius 2 is 2.05 bits per heavy atom. The Labute approximate surface area is 116 Å². The van der Waals surface area contributed by atoms with Crippen LogP contribution in [0.5, 0.6) is 0 Å². The molecule has 2 saturated heterocycles. The van der Waals surface area contributed by atoms with Crippen molar-refractivity contribution in [1.29, 1.82) is 0 Å². The molecule has 1 aromatic rings. The number of piperazine rings is 1. The number of nitrogens with one attached hydrogen (secondary N) is 1. The summed E-state index contributed by atoms with van der Waals surface area (Å²) in [5.41, 5.74) is 1.90. The van der Waals surface area contributed by atoms with Crippen molar-refractivity contribution in [2.45, 2.75) is 24.2 Å². The third kappa shape index (κ3) is 1.27. The van der Waals surface area contributed by atoms with Crippen LogP contribution in [-0.2, 0) is 9.59 Å². The van der Waals surface area contributed by atoms with E-state index in [-0.39, 0.29) is 30.4 Å². The van der Waals surface area contributed by atoms with Crippen LogP contribution in [0.2, 0.25) is 0 Å². The molecule has 4 atom stereocenters. The molecule has 20 heavy (non-hydrogen) atoms. The van der Waals surface area contributed by atoms with Crippen molar-refractivity contribution in [1.82, 2.24) is 9.80 Å². The van der Waals surface area contributed by atoms with Crippen LogP contribution in [0.25, 0.3) is 0 Å². The lowest BCUT2D eigenvalue weighted by Gasteiger charge is -2.37. The summed E-state index contributed by atoms with van der Waals surface area (Å²) in [7, 11) is 1.60. The van der Waals surface area contributed by atoms with E-state index in [0.29, 0.717) is 0 Å². The quantitative estimate of drug-likeness (QED) is 0.672. The van der Waals surface area contributed by atoms with Crippen molar-refractivity contribution < 1.29 is 14.7 Å². The number of rotatable bonds is 0. The molecular weight excluding hydrogens is 258 g/mol. The first-order valence-electron chi connectivity index (χ1n) is 6.69. The van der Waals surface area contributed by atoms with Crippen LogP contribution in [0.1, 0.15) is 11.5 Å². The summed E-state index contributed by atoms with van der Waals surface area (Å²) in [6.45, 7) is 0.0727. The first-order valence-corrected chi connectivity index (χ1v) is 6.69. The number of anilines is 1. The van der Waals surface area contributed by atoms with Crippen LogP contribution < -0.4 is 5.32 Å². The second-order valence-corrected chi connectivity index (χ2v) is 5.63. The molecule has 1 aromatic carbocycles. The predicted octanol–water partition coefficient (Wildman–Crippen LogP) is -0.434. The molecule has 0 aliphatic carbocycles. The number of benzene rings is 1. The fourth-order valence-electron chi connectivity index (χ4n) is 3.65. The lowest BCUT2D eigenvalue weighted by Crippen LogP contribution is -2.61. The number of aliphatic hydroxyl groups excluding tert-OH is 1. The van der Waals surface area contributed by atoms with Gasteiger partial charge in [-0.3, -0.25) is 9.59 Å². The average molecular weight is 273 g/mol. The number of para-hydroxylation sites is 1. The molecule has 0 unspecified atom stereocenters. The van der Waals surface area contributed by atoms with E-state index in [9.17, 15) is 14.7 Å². The van der Waals surface area contributed by atoms with E-state index >= 15 is 0 Å². The number of hydrogen-bond acceptors (Lipinski definition) is 4. The van der Waals surface area contributed by atoms with Crippen LogP contribution in [0.4, 0.5) is 5.69 Å². The smallest absolute Gasteiger partial charge is 0.248 e. The molecule has 3 heterocycles. The number of likely N-dealkylation sites (N-methyl/N-ethyl adjacent to an activating group) is 1. The topological polar surface area (TPSA) is 72.9 Å². The van der Waals surface area contributed by atoms with Gasteiger partial charge < -0.3 is 20.2 Å². The second kappa shape index (κ2) is 3.73. The highest BCUT2D eigenvalue weighted by atomic mass is 16.3. The Kier molecular flexibility index (Phi) is 2.18. The predicted molar refractivity (Wildman–Crippen MR) is 70.9 cm³/mol. The standard InChI is InChI=1S/C14H15N3O3/c1-16-6-9(18)17-11(14(16)20)12(19)10-7-4-2-3-5-8(7)15-13(10)17/h2-5,10-13,15,19H,6H2,1H3/t10-,11-,12-,13+/m0/s1. The molecule has 2 fully saturated rings. The van der Waals surface area contributed by atoms with Gasteiger partial charge in [-0.25, -0.2) is 0 Å². The van der Waals surface area contributed by atoms with Crippen LogP contribution in [0, 0.1) is 0 Å². The average Bonchev–Trinajstić information content (AvgIpc) is 2.92. The second-order valence-electron chi connectivity index (χ2n) is 5.63. The SMILES string of the molecule is CN1CC(=O)N2[C@H](C1=O)[C@@H](O)[C@@H]1c3ccccc3N[C@@H]12. The molecular formula is C14H15N3O3. The van der Waals surface area contributed by atoms with Crippen LogP contribution in [-0.4, -0.2) is 58.6 Å². The summed E-state index contributed by atoms with van der Waals surface area (Å²) in [5.74, 6) is -0.551. The third-order valence-electron chi connectivity index (χ3n) is 4.54. The van der Waals surface area contributed by atoms with Crippen LogP contribution >= 0.6 is 0 Å². The van der Waals surface area contributed by atoms with E-state index in [1.807, 2.05) is 24.3 Å². The van der Waals surface area contributed by atoms with Gasteiger partial charge in [0, 0.05) is 12.7 Å². The number of carbonyl (C=O) groups excluding carboxylic acids is 2. The maximum atomic E-state index is 12.3. The van der Waals surface area contributed by atoms with Gasteiger partial charge in [0.2, 0.25) is 11.8 Å². The lowest BCUT2D eigenvalue weighted by molar-refractivity contribution is -0.156. The summed E-state index contributed by atoms with van der Waals surface area (Å²) < 4.78 is 0. The van der Waals surface area contributed by atoms with Crippen LogP contribution in [0.3, 0.4) is 0 Å². The van der Waals surface area contributed by atoms with E-state index in [1.165, 1.54) is 9.80 Å². The minimum Gasteiger partial charge on any atom is -0.390 e. The van der Waals surface area contributed by atoms with Gasteiger partial charge in [-0.2, -0.15) is 0 Å². The summed E-state index contributed by atoms with van der Waals surface area (Å²) in [6.07, 6.45) is -1.19. The minimum absolute atomic E-state index is 0.0727. The normalized spacial score (nSPS) is 34.7. The van der Waals surface area contributed by atoms with Gasteiger partial charge in [0.1, 0.15) is 12.2 Å². The Morgan fingerprint density at radius 3 is 2.85 bits per heavy atom. The van der Waals surface area contributed by atoms with Crippen LogP contribution in [0.15, 0.2) is 24.3 Å². The molecule has 6 heteroatoms. The van der Waals surface area contributed by atoms with Gasteiger partial charge in [-0.05, 0) is 11.6 Å². The number of aliphatic hydroxyl groups is 1. The largest absolute Gasteiger partial charge is 0.390 e. The van der Waals surface area contributed by atoms with E-state index in [1.54, 1.807) is 7.05 Å². The Hall–Kier alpha value is -2.08. The molecule has 0 bridgehead atoms. The van der Waals surface area contributed by atoms with E-state index < -0.39 is 12.1 Å². The first-order chi connectivity index (χ1) is 9.59. The van der Waals surface area contributed by atoms with Crippen molar-refractivity contribution in [3.05, 3.63) is 29.8 Å². The number of fused-ring (bicyclic) bond motifs is 5. The highest BCUT2D eigenvalue weighted by molar-refractivity contribution is 5.97. The zero-order valence-electron chi connectivity index (χ0n) is 11.0.